The lowest BCUT2D eigenvalue weighted by atomic mass is 10.1. The second-order valence-electron chi connectivity index (χ2n) is 5.71. The maximum Gasteiger partial charge on any atom is 0.227 e. The summed E-state index contributed by atoms with van der Waals surface area (Å²) in [7, 11) is 0. The molecule has 1 aromatic carbocycles. The van der Waals surface area contributed by atoms with Gasteiger partial charge in [-0.1, -0.05) is 12.1 Å². The standard InChI is InChI=1S/C16H23N3O2.ClH/c1-11(17)10-15(20)18-12(2)13-5-7-14(8-6-13)19-9-3-4-16(19)21;/h5-8,11-12H,3-4,9-10,17H2,1-2H3,(H,18,20);1H. The number of nitrogens with one attached hydrogen (secondary N) is 1. The van der Waals surface area contributed by atoms with Gasteiger partial charge in [0.1, 0.15) is 0 Å². The van der Waals surface area contributed by atoms with E-state index in [1.165, 1.54) is 0 Å². The van der Waals surface area contributed by atoms with Gasteiger partial charge >= 0.3 is 0 Å². The fraction of sp³-hybridized carbons (Fsp3) is 0.500. The van der Waals surface area contributed by atoms with Crippen molar-refractivity contribution in [1.82, 2.24) is 5.32 Å². The van der Waals surface area contributed by atoms with Crippen molar-refractivity contribution in [2.75, 3.05) is 11.4 Å². The van der Waals surface area contributed by atoms with Gasteiger partial charge in [-0.25, -0.2) is 0 Å². The van der Waals surface area contributed by atoms with Crippen LogP contribution in [-0.2, 0) is 9.59 Å². The number of nitrogens with two attached hydrogens (primary N) is 1. The minimum absolute atomic E-state index is 0. The second-order valence-corrected chi connectivity index (χ2v) is 5.71. The second kappa shape index (κ2) is 8.15. The summed E-state index contributed by atoms with van der Waals surface area (Å²) in [5, 5.41) is 2.93. The number of rotatable bonds is 5. The first kappa shape index (κ1) is 18.5. The molecule has 122 valence electrons. The van der Waals surface area contributed by atoms with Gasteiger partial charge < -0.3 is 16.0 Å². The van der Waals surface area contributed by atoms with Gasteiger partial charge in [0.25, 0.3) is 0 Å². The number of hydrogen-bond acceptors (Lipinski definition) is 3. The number of hydrogen-bond donors (Lipinski definition) is 2. The summed E-state index contributed by atoms with van der Waals surface area (Å²) < 4.78 is 0. The van der Waals surface area contributed by atoms with Crippen molar-refractivity contribution in [1.29, 1.82) is 0 Å². The van der Waals surface area contributed by atoms with Crippen LogP contribution in [0.3, 0.4) is 0 Å². The van der Waals surface area contributed by atoms with Crippen molar-refractivity contribution in [3.8, 4) is 0 Å². The lowest BCUT2D eigenvalue weighted by Crippen LogP contribution is -2.31. The summed E-state index contributed by atoms with van der Waals surface area (Å²) >= 11 is 0. The average Bonchev–Trinajstić information content (AvgIpc) is 2.84. The molecule has 0 saturated carbocycles. The number of amides is 2. The molecule has 1 aliphatic heterocycles. The van der Waals surface area contributed by atoms with Crippen LogP contribution in [0.2, 0.25) is 0 Å². The molecule has 5 nitrogen and oxygen atoms in total. The fourth-order valence-electron chi connectivity index (χ4n) is 2.54. The molecule has 2 unspecified atom stereocenters. The predicted octanol–water partition coefficient (Wildman–Crippen LogP) is 2.15. The molecule has 1 aromatic rings. The van der Waals surface area contributed by atoms with Gasteiger partial charge in [-0.2, -0.15) is 0 Å². The number of benzene rings is 1. The first-order chi connectivity index (χ1) is 9.97. The average molecular weight is 326 g/mol. The van der Waals surface area contributed by atoms with Gasteiger partial charge in [-0.05, 0) is 38.0 Å². The zero-order chi connectivity index (χ0) is 15.4. The van der Waals surface area contributed by atoms with E-state index in [0.29, 0.717) is 12.8 Å². The smallest absolute Gasteiger partial charge is 0.227 e. The number of halogens is 1. The fourth-order valence-corrected chi connectivity index (χ4v) is 2.54. The predicted molar refractivity (Wildman–Crippen MR) is 90.1 cm³/mol. The van der Waals surface area contributed by atoms with Crippen LogP contribution < -0.4 is 16.0 Å². The van der Waals surface area contributed by atoms with E-state index in [2.05, 4.69) is 5.32 Å². The van der Waals surface area contributed by atoms with E-state index in [1.54, 1.807) is 0 Å². The van der Waals surface area contributed by atoms with Gasteiger partial charge in [0.05, 0.1) is 6.04 Å². The summed E-state index contributed by atoms with van der Waals surface area (Å²) in [5.41, 5.74) is 7.56. The van der Waals surface area contributed by atoms with E-state index in [1.807, 2.05) is 43.0 Å². The SMILES string of the molecule is CC(N)CC(=O)NC(C)c1ccc(N2CCCC2=O)cc1.Cl. The highest BCUT2D eigenvalue weighted by Crippen LogP contribution is 2.23. The molecule has 0 bridgehead atoms. The van der Waals surface area contributed by atoms with Gasteiger partial charge in [0.15, 0.2) is 0 Å². The van der Waals surface area contributed by atoms with Crippen LogP contribution in [0.25, 0.3) is 0 Å². The van der Waals surface area contributed by atoms with Crippen LogP contribution in [0, 0.1) is 0 Å². The molecular formula is C16H24ClN3O2. The third kappa shape index (κ3) is 4.71. The highest BCUT2D eigenvalue weighted by molar-refractivity contribution is 5.95. The van der Waals surface area contributed by atoms with Gasteiger partial charge in [-0.3, -0.25) is 9.59 Å². The molecule has 6 heteroatoms. The molecule has 22 heavy (non-hydrogen) atoms. The van der Waals surface area contributed by atoms with E-state index in [0.717, 1.165) is 24.2 Å². The summed E-state index contributed by atoms with van der Waals surface area (Å²) in [6.45, 7) is 4.54. The minimum Gasteiger partial charge on any atom is -0.350 e. The molecule has 2 amide bonds. The quantitative estimate of drug-likeness (QED) is 0.871. The first-order valence-electron chi connectivity index (χ1n) is 7.42. The normalized spacial score (nSPS) is 16.9. The van der Waals surface area contributed by atoms with Crippen molar-refractivity contribution >= 4 is 29.9 Å². The first-order valence-corrected chi connectivity index (χ1v) is 7.42. The van der Waals surface area contributed by atoms with Crippen LogP contribution in [0.1, 0.15) is 44.7 Å². The largest absolute Gasteiger partial charge is 0.350 e. The summed E-state index contributed by atoms with van der Waals surface area (Å²) in [6.07, 6.45) is 1.88. The summed E-state index contributed by atoms with van der Waals surface area (Å²) in [5.74, 6) is 0.136. The Hall–Kier alpha value is -1.59. The highest BCUT2D eigenvalue weighted by atomic mass is 35.5. The van der Waals surface area contributed by atoms with Crippen molar-refractivity contribution < 1.29 is 9.59 Å². The third-order valence-electron chi connectivity index (χ3n) is 3.66. The molecule has 1 fully saturated rings. The van der Waals surface area contributed by atoms with E-state index in [-0.39, 0.29) is 36.3 Å². The number of carbonyl (C=O) groups is 2. The van der Waals surface area contributed by atoms with Crippen molar-refractivity contribution in [3.63, 3.8) is 0 Å². The Morgan fingerprint density at radius 2 is 1.95 bits per heavy atom. The zero-order valence-corrected chi connectivity index (χ0v) is 13.9. The molecule has 3 N–H and O–H groups in total. The topological polar surface area (TPSA) is 75.4 Å². The van der Waals surface area contributed by atoms with E-state index in [4.69, 9.17) is 5.73 Å². The molecule has 0 aromatic heterocycles. The Labute approximate surface area is 137 Å². The van der Waals surface area contributed by atoms with Gasteiger partial charge in [-0.15, -0.1) is 12.4 Å². The highest BCUT2D eigenvalue weighted by Gasteiger charge is 2.21. The Balaban J connectivity index is 0.00000242. The van der Waals surface area contributed by atoms with Gasteiger partial charge in [0, 0.05) is 31.1 Å². The van der Waals surface area contributed by atoms with Crippen LogP contribution in [-0.4, -0.2) is 24.4 Å². The van der Waals surface area contributed by atoms with Crippen LogP contribution in [0.4, 0.5) is 5.69 Å². The zero-order valence-electron chi connectivity index (χ0n) is 13.0. The Bertz CT molecular complexity index is 517. The number of anilines is 1. The van der Waals surface area contributed by atoms with Crippen molar-refractivity contribution in [3.05, 3.63) is 29.8 Å². The lowest BCUT2D eigenvalue weighted by Gasteiger charge is -2.18. The molecule has 0 spiro atoms. The number of carbonyl (C=O) groups excluding carboxylic acids is 2. The third-order valence-corrected chi connectivity index (χ3v) is 3.66. The van der Waals surface area contributed by atoms with Crippen LogP contribution in [0.15, 0.2) is 24.3 Å². The molecule has 0 aliphatic carbocycles. The molecule has 0 radical (unpaired) electrons. The summed E-state index contributed by atoms with van der Waals surface area (Å²) in [6, 6.07) is 7.58. The van der Waals surface area contributed by atoms with E-state index >= 15 is 0 Å². The van der Waals surface area contributed by atoms with Crippen molar-refractivity contribution in [2.24, 2.45) is 5.73 Å². The minimum atomic E-state index is -0.138. The molecule has 2 atom stereocenters. The van der Waals surface area contributed by atoms with Crippen molar-refractivity contribution in [2.45, 2.75) is 45.2 Å². The molecule has 1 heterocycles. The monoisotopic (exact) mass is 325 g/mol. The summed E-state index contributed by atoms with van der Waals surface area (Å²) in [4.78, 5) is 25.2. The maximum atomic E-state index is 11.7. The Kier molecular flexibility index (Phi) is 6.84. The molecule has 1 saturated heterocycles. The molecule has 2 rings (SSSR count). The molecule has 1 aliphatic rings. The van der Waals surface area contributed by atoms with E-state index < -0.39 is 0 Å². The van der Waals surface area contributed by atoms with Gasteiger partial charge in [0.2, 0.25) is 11.8 Å². The lowest BCUT2D eigenvalue weighted by molar-refractivity contribution is -0.122. The Morgan fingerprint density at radius 3 is 2.45 bits per heavy atom. The Morgan fingerprint density at radius 1 is 1.32 bits per heavy atom. The molecular weight excluding hydrogens is 302 g/mol. The number of nitrogens with zero attached hydrogens (tertiary/aromatic N) is 1. The maximum absolute atomic E-state index is 11.7. The van der Waals surface area contributed by atoms with E-state index in [9.17, 15) is 9.59 Å². The van der Waals surface area contributed by atoms with Crippen LogP contribution >= 0.6 is 12.4 Å². The van der Waals surface area contributed by atoms with Crippen LogP contribution in [0.5, 0.6) is 0 Å².